The van der Waals surface area contributed by atoms with E-state index in [1.54, 1.807) is 45.0 Å². The Balaban J connectivity index is 1.81. The summed E-state index contributed by atoms with van der Waals surface area (Å²) in [5.41, 5.74) is 2.38. The van der Waals surface area contributed by atoms with E-state index in [1.165, 1.54) is 0 Å². The topological polar surface area (TPSA) is 106 Å². The predicted octanol–water partition coefficient (Wildman–Crippen LogP) is 4.56. The van der Waals surface area contributed by atoms with Crippen molar-refractivity contribution in [3.05, 3.63) is 53.6 Å². The van der Waals surface area contributed by atoms with Crippen molar-refractivity contribution < 1.29 is 23.9 Å². The van der Waals surface area contributed by atoms with Crippen LogP contribution in [0.3, 0.4) is 0 Å². The second-order valence-corrected chi connectivity index (χ2v) is 8.67. The number of anilines is 2. The number of carbonyl (C=O) groups excluding carboxylic acids is 3. The van der Waals surface area contributed by atoms with E-state index < -0.39 is 17.6 Å². The lowest BCUT2D eigenvalue weighted by Crippen LogP contribution is -2.37. The molecule has 0 fully saturated rings. The van der Waals surface area contributed by atoms with Gasteiger partial charge in [-0.2, -0.15) is 0 Å². The van der Waals surface area contributed by atoms with Crippen LogP contribution in [0.15, 0.2) is 42.5 Å². The number of hydrogen-bond acceptors (Lipinski definition) is 5. The van der Waals surface area contributed by atoms with Crippen LogP contribution in [-0.2, 0) is 14.3 Å². The van der Waals surface area contributed by atoms with Crippen molar-refractivity contribution in [1.29, 1.82) is 0 Å². The zero-order valence-corrected chi connectivity index (χ0v) is 19.9. The summed E-state index contributed by atoms with van der Waals surface area (Å²) in [5.74, 6) is 0.226. The number of rotatable bonds is 9. The maximum Gasteiger partial charge on any atom is 0.408 e. The van der Waals surface area contributed by atoms with Crippen molar-refractivity contribution >= 4 is 29.3 Å². The van der Waals surface area contributed by atoms with Crippen LogP contribution >= 0.6 is 0 Å². The summed E-state index contributed by atoms with van der Waals surface area (Å²) in [4.78, 5) is 36.3. The molecule has 0 radical (unpaired) electrons. The molecule has 2 rings (SSSR count). The largest absolute Gasteiger partial charge is 0.493 e. The van der Waals surface area contributed by atoms with Crippen molar-refractivity contribution in [2.75, 3.05) is 23.8 Å². The number of hydrogen-bond donors (Lipinski definition) is 3. The molecule has 0 aliphatic rings. The molecule has 0 heterocycles. The van der Waals surface area contributed by atoms with Crippen LogP contribution in [0.4, 0.5) is 16.2 Å². The highest BCUT2D eigenvalue weighted by Gasteiger charge is 2.17. The van der Waals surface area contributed by atoms with E-state index in [0.717, 1.165) is 16.9 Å². The van der Waals surface area contributed by atoms with Gasteiger partial charge in [0.2, 0.25) is 11.8 Å². The molecule has 3 N–H and O–H groups in total. The van der Waals surface area contributed by atoms with E-state index >= 15 is 0 Å². The van der Waals surface area contributed by atoms with Crippen molar-refractivity contribution in [2.45, 2.75) is 53.1 Å². The Morgan fingerprint density at radius 1 is 0.848 bits per heavy atom. The van der Waals surface area contributed by atoms with Crippen LogP contribution in [-0.4, -0.2) is 36.7 Å². The van der Waals surface area contributed by atoms with Gasteiger partial charge in [0.15, 0.2) is 0 Å². The van der Waals surface area contributed by atoms with Gasteiger partial charge in [-0.25, -0.2) is 4.79 Å². The van der Waals surface area contributed by atoms with E-state index in [2.05, 4.69) is 16.0 Å². The molecule has 0 atom stereocenters. The maximum atomic E-state index is 12.4. The second kappa shape index (κ2) is 11.9. The van der Waals surface area contributed by atoms with Crippen LogP contribution < -0.4 is 20.7 Å². The van der Waals surface area contributed by atoms with Crippen molar-refractivity contribution in [3.8, 4) is 5.75 Å². The average Bonchev–Trinajstić information content (AvgIpc) is 2.71. The zero-order valence-electron chi connectivity index (χ0n) is 19.9. The molecule has 2 aromatic rings. The predicted molar refractivity (Wildman–Crippen MR) is 129 cm³/mol. The summed E-state index contributed by atoms with van der Waals surface area (Å²) in [6, 6.07) is 12.8. The third kappa shape index (κ3) is 9.22. The van der Waals surface area contributed by atoms with Crippen molar-refractivity contribution in [3.63, 3.8) is 0 Å². The number of amides is 3. The summed E-state index contributed by atoms with van der Waals surface area (Å²) in [6.07, 6.45) is 0.142. The number of alkyl carbamates (subject to hydrolysis) is 1. The van der Waals surface area contributed by atoms with Gasteiger partial charge in [-0.15, -0.1) is 0 Å². The SMILES string of the molecule is Cc1cccc(C)c1OCCCC(=O)Nc1ccccc1NC(=O)CNC(=O)OC(C)(C)C. The molecule has 0 saturated carbocycles. The molecule has 33 heavy (non-hydrogen) atoms. The minimum absolute atomic E-state index is 0.186. The minimum Gasteiger partial charge on any atom is -0.493 e. The normalized spacial score (nSPS) is 10.8. The Kier molecular flexibility index (Phi) is 9.27. The van der Waals surface area contributed by atoms with Gasteiger partial charge in [-0.3, -0.25) is 9.59 Å². The average molecular weight is 456 g/mol. The summed E-state index contributed by atoms with van der Waals surface area (Å²) in [7, 11) is 0. The van der Waals surface area contributed by atoms with Gasteiger partial charge in [0.25, 0.3) is 0 Å². The molecule has 0 aliphatic heterocycles. The van der Waals surface area contributed by atoms with Crippen molar-refractivity contribution in [2.24, 2.45) is 0 Å². The summed E-state index contributed by atoms with van der Waals surface area (Å²) in [5, 5.41) is 7.90. The highest BCUT2D eigenvalue weighted by atomic mass is 16.6. The number of benzene rings is 2. The molecule has 2 aromatic carbocycles. The molecule has 0 unspecified atom stereocenters. The third-order valence-corrected chi connectivity index (χ3v) is 4.47. The van der Waals surface area contributed by atoms with E-state index in [1.807, 2.05) is 32.0 Å². The minimum atomic E-state index is -0.678. The van der Waals surface area contributed by atoms with E-state index in [-0.39, 0.29) is 18.9 Å². The summed E-state index contributed by atoms with van der Waals surface area (Å²) in [6.45, 7) is 9.36. The fourth-order valence-corrected chi connectivity index (χ4v) is 3.01. The number of aryl methyl sites for hydroxylation is 2. The molecule has 3 amide bonds. The van der Waals surface area contributed by atoms with Crippen LogP contribution in [0.5, 0.6) is 5.75 Å². The first-order valence-corrected chi connectivity index (χ1v) is 10.9. The first kappa shape index (κ1) is 25.7. The Morgan fingerprint density at radius 3 is 2.00 bits per heavy atom. The van der Waals surface area contributed by atoms with E-state index in [4.69, 9.17) is 9.47 Å². The fourth-order valence-electron chi connectivity index (χ4n) is 3.01. The lowest BCUT2D eigenvalue weighted by atomic mass is 10.1. The monoisotopic (exact) mass is 455 g/mol. The van der Waals surface area contributed by atoms with Gasteiger partial charge in [-0.05, 0) is 64.3 Å². The Hall–Kier alpha value is -3.55. The number of carbonyl (C=O) groups is 3. The third-order valence-electron chi connectivity index (χ3n) is 4.47. The molecular formula is C25H33N3O5. The van der Waals surface area contributed by atoms with Crippen LogP contribution in [0, 0.1) is 13.8 Å². The number of para-hydroxylation sites is 3. The Morgan fingerprint density at radius 2 is 1.42 bits per heavy atom. The first-order valence-electron chi connectivity index (χ1n) is 10.9. The standard InChI is InChI=1S/C25H33N3O5/c1-17-10-8-11-18(2)23(17)32-15-9-14-21(29)27-19-12-6-7-13-20(19)28-22(30)16-26-24(31)33-25(3,4)5/h6-8,10-13H,9,14-16H2,1-5H3,(H,26,31)(H,27,29)(H,28,30). The van der Waals surface area contributed by atoms with Crippen LogP contribution in [0.25, 0.3) is 0 Å². The Labute approximate surface area is 195 Å². The molecule has 0 bridgehead atoms. The van der Waals surface area contributed by atoms with Gasteiger partial charge < -0.3 is 25.4 Å². The number of ether oxygens (including phenoxy) is 2. The van der Waals surface area contributed by atoms with Gasteiger partial charge in [-0.1, -0.05) is 30.3 Å². The zero-order chi connectivity index (χ0) is 24.4. The number of nitrogens with one attached hydrogen (secondary N) is 3. The first-order chi connectivity index (χ1) is 15.5. The van der Waals surface area contributed by atoms with Gasteiger partial charge >= 0.3 is 6.09 Å². The van der Waals surface area contributed by atoms with Crippen molar-refractivity contribution in [1.82, 2.24) is 5.32 Å². The van der Waals surface area contributed by atoms with Crippen LogP contribution in [0.2, 0.25) is 0 Å². The molecule has 8 heteroatoms. The molecule has 0 aliphatic carbocycles. The smallest absolute Gasteiger partial charge is 0.408 e. The molecular weight excluding hydrogens is 422 g/mol. The van der Waals surface area contributed by atoms with Gasteiger partial charge in [0, 0.05) is 6.42 Å². The quantitative estimate of drug-likeness (QED) is 0.481. The molecule has 0 spiro atoms. The molecule has 0 saturated heterocycles. The summed E-state index contributed by atoms with van der Waals surface area (Å²) < 4.78 is 10.9. The van der Waals surface area contributed by atoms with E-state index in [9.17, 15) is 14.4 Å². The lowest BCUT2D eigenvalue weighted by Gasteiger charge is -2.19. The summed E-state index contributed by atoms with van der Waals surface area (Å²) >= 11 is 0. The second-order valence-electron chi connectivity index (χ2n) is 8.67. The highest BCUT2D eigenvalue weighted by molar-refractivity contribution is 6.00. The maximum absolute atomic E-state index is 12.4. The molecule has 178 valence electrons. The van der Waals surface area contributed by atoms with Gasteiger partial charge in [0.1, 0.15) is 17.9 Å². The van der Waals surface area contributed by atoms with Crippen LogP contribution in [0.1, 0.15) is 44.7 Å². The highest BCUT2D eigenvalue weighted by Crippen LogP contribution is 2.23. The van der Waals surface area contributed by atoms with Gasteiger partial charge in [0.05, 0.1) is 18.0 Å². The Bertz CT molecular complexity index is 962. The fraction of sp³-hybridized carbons (Fsp3) is 0.400. The molecule has 0 aromatic heterocycles. The molecule has 8 nitrogen and oxygen atoms in total. The van der Waals surface area contributed by atoms with E-state index in [0.29, 0.717) is 24.4 Å². The lowest BCUT2D eigenvalue weighted by molar-refractivity contribution is -0.117.